The molecule has 0 spiro atoms. The van der Waals surface area contributed by atoms with Crippen molar-refractivity contribution in [3.63, 3.8) is 0 Å². The zero-order chi connectivity index (χ0) is 12.1. The Bertz CT molecular complexity index is 393. The largest absolute Gasteiger partial charge is 0.259 e. The summed E-state index contributed by atoms with van der Waals surface area (Å²) in [7, 11) is 0. The van der Waals surface area contributed by atoms with E-state index in [1.165, 1.54) is 4.88 Å². The number of thiophene rings is 1. The minimum Gasteiger partial charge on any atom is -0.259 e. The van der Waals surface area contributed by atoms with Gasteiger partial charge in [-0.15, -0.1) is 11.3 Å². The molecule has 16 heavy (non-hydrogen) atoms. The van der Waals surface area contributed by atoms with Crippen LogP contribution in [0.15, 0.2) is 17.8 Å². The summed E-state index contributed by atoms with van der Waals surface area (Å²) in [5, 5.41) is 10.9. The van der Waals surface area contributed by atoms with E-state index in [0.29, 0.717) is 18.0 Å². The molecule has 3 nitrogen and oxygen atoms in total. The van der Waals surface area contributed by atoms with Gasteiger partial charge in [0, 0.05) is 22.3 Å². The van der Waals surface area contributed by atoms with E-state index in [1.54, 1.807) is 17.4 Å². The minimum absolute atomic E-state index is 0.272. The molecule has 0 saturated carbocycles. The maximum absolute atomic E-state index is 10.9. The van der Waals surface area contributed by atoms with Crippen LogP contribution >= 0.6 is 11.3 Å². The van der Waals surface area contributed by atoms with Gasteiger partial charge in [-0.3, -0.25) is 10.1 Å². The Hall–Kier alpha value is -1.16. The van der Waals surface area contributed by atoms with E-state index in [1.807, 2.05) is 26.0 Å². The van der Waals surface area contributed by atoms with Crippen molar-refractivity contribution >= 4 is 17.4 Å². The molecule has 0 atom stereocenters. The molecule has 1 aromatic rings. The van der Waals surface area contributed by atoms with Crippen LogP contribution < -0.4 is 0 Å². The summed E-state index contributed by atoms with van der Waals surface area (Å²) >= 11 is 1.62. The van der Waals surface area contributed by atoms with Crippen molar-refractivity contribution in [3.8, 4) is 0 Å². The third kappa shape index (κ3) is 3.77. The number of nitro groups is 1. The summed E-state index contributed by atoms with van der Waals surface area (Å²) in [4.78, 5) is 12.8. The maximum atomic E-state index is 10.9. The Morgan fingerprint density at radius 2 is 2.25 bits per heavy atom. The summed E-state index contributed by atoms with van der Waals surface area (Å²) in [6.07, 6.45) is 3.20. The van der Waals surface area contributed by atoms with Gasteiger partial charge in [-0.2, -0.15) is 0 Å². The molecule has 0 N–H and O–H groups in total. The fraction of sp³-hybridized carbons (Fsp3) is 0.500. The topological polar surface area (TPSA) is 43.1 Å². The van der Waals surface area contributed by atoms with E-state index >= 15 is 0 Å². The van der Waals surface area contributed by atoms with Crippen LogP contribution in [-0.4, -0.2) is 4.92 Å². The minimum atomic E-state index is -0.272. The highest BCUT2D eigenvalue weighted by atomic mass is 32.1. The van der Waals surface area contributed by atoms with Gasteiger partial charge in [0.1, 0.15) is 0 Å². The number of nitrogens with zero attached hydrogens (tertiary/aromatic N) is 1. The first-order chi connectivity index (χ1) is 7.52. The van der Waals surface area contributed by atoms with Crippen molar-refractivity contribution in [1.29, 1.82) is 0 Å². The summed E-state index contributed by atoms with van der Waals surface area (Å²) in [6, 6.07) is 3.98. The summed E-state index contributed by atoms with van der Waals surface area (Å²) in [5.41, 5.74) is 0.305. The second-order valence-electron chi connectivity index (χ2n) is 4.15. The van der Waals surface area contributed by atoms with Crippen LogP contribution in [0.5, 0.6) is 0 Å². The third-order valence-electron chi connectivity index (χ3n) is 2.19. The zero-order valence-corrected chi connectivity index (χ0v) is 10.7. The van der Waals surface area contributed by atoms with E-state index in [9.17, 15) is 10.1 Å². The van der Waals surface area contributed by atoms with Gasteiger partial charge in [0.05, 0.1) is 4.92 Å². The average molecular weight is 239 g/mol. The number of allylic oxidation sites excluding steroid dienone is 1. The van der Waals surface area contributed by atoms with Crippen LogP contribution in [-0.2, 0) is 6.42 Å². The van der Waals surface area contributed by atoms with E-state index in [0.717, 1.165) is 11.3 Å². The Balaban J connectivity index is 2.88. The van der Waals surface area contributed by atoms with Crippen LogP contribution in [0.1, 0.15) is 36.9 Å². The normalized spacial score (nSPS) is 12.1. The highest BCUT2D eigenvalue weighted by molar-refractivity contribution is 7.12. The lowest BCUT2D eigenvalue weighted by atomic mass is 10.1. The Morgan fingerprint density at radius 1 is 1.56 bits per heavy atom. The van der Waals surface area contributed by atoms with Crippen molar-refractivity contribution in [1.82, 2.24) is 0 Å². The lowest BCUT2D eigenvalue weighted by Gasteiger charge is -2.01. The third-order valence-corrected chi connectivity index (χ3v) is 3.37. The molecule has 0 aliphatic heterocycles. The second kappa shape index (κ2) is 5.80. The highest BCUT2D eigenvalue weighted by Crippen LogP contribution is 2.22. The molecule has 0 bridgehead atoms. The highest BCUT2D eigenvalue weighted by Gasteiger charge is 2.13. The van der Waals surface area contributed by atoms with Gasteiger partial charge >= 0.3 is 0 Å². The Morgan fingerprint density at radius 3 is 2.69 bits per heavy atom. The molecule has 4 heteroatoms. The molecule has 0 aromatic carbocycles. The molecule has 88 valence electrons. The van der Waals surface area contributed by atoms with Crippen LogP contribution in [0.4, 0.5) is 0 Å². The van der Waals surface area contributed by atoms with Gasteiger partial charge in [0.2, 0.25) is 5.70 Å². The molecule has 0 aliphatic carbocycles. The van der Waals surface area contributed by atoms with Crippen molar-refractivity contribution in [3.05, 3.63) is 37.7 Å². The Labute approximate surface area is 100.0 Å². The van der Waals surface area contributed by atoms with Crippen LogP contribution in [0.3, 0.4) is 0 Å². The molecule has 1 heterocycles. The summed E-state index contributed by atoms with van der Waals surface area (Å²) in [5.74, 6) is 0.308. The summed E-state index contributed by atoms with van der Waals surface area (Å²) < 4.78 is 0. The maximum Gasteiger partial charge on any atom is 0.247 e. The van der Waals surface area contributed by atoms with Gasteiger partial charge < -0.3 is 0 Å². The molecular formula is C12H17NO2S. The molecule has 1 rings (SSSR count). The van der Waals surface area contributed by atoms with Crippen LogP contribution in [0.25, 0.3) is 6.08 Å². The lowest BCUT2D eigenvalue weighted by molar-refractivity contribution is -0.427. The number of hydrogen-bond acceptors (Lipinski definition) is 3. The second-order valence-corrected chi connectivity index (χ2v) is 5.35. The quantitative estimate of drug-likeness (QED) is 0.576. The average Bonchev–Trinajstić information content (AvgIpc) is 2.63. The molecule has 0 saturated heterocycles. The molecular weight excluding hydrogens is 222 g/mol. The van der Waals surface area contributed by atoms with E-state index in [-0.39, 0.29) is 4.92 Å². The predicted molar refractivity (Wildman–Crippen MR) is 68.1 cm³/mol. The standard InChI is InChI=1S/C12H17NO2S/c1-4-11-5-6-12(16-11)8-10(13(14)15)7-9(2)3/h5-6,8-9H,4,7H2,1-3H3. The van der Waals surface area contributed by atoms with Crippen molar-refractivity contribution in [2.24, 2.45) is 5.92 Å². The van der Waals surface area contributed by atoms with Crippen molar-refractivity contribution in [2.45, 2.75) is 33.6 Å². The van der Waals surface area contributed by atoms with Gasteiger partial charge in [0.15, 0.2) is 0 Å². The fourth-order valence-electron chi connectivity index (χ4n) is 1.43. The molecule has 0 fully saturated rings. The predicted octanol–water partition coefficient (Wildman–Crippen LogP) is 3.97. The van der Waals surface area contributed by atoms with Crippen LogP contribution in [0, 0.1) is 16.0 Å². The first kappa shape index (κ1) is 12.9. The zero-order valence-electron chi connectivity index (χ0n) is 9.90. The SMILES string of the molecule is CCc1ccc(C=C(CC(C)C)[N+](=O)[O-])s1. The number of hydrogen-bond donors (Lipinski definition) is 0. The number of aryl methyl sites for hydroxylation is 1. The van der Waals surface area contributed by atoms with Crippen LogP contribution in [0.2, 0.25) is 0 Å². The first-order valence-corrected chi connectivity index (χ1v) is 6.28. The summed E-state index contributed by atoms with van der Waals surface area (Å²) in [6.45, 7) is 6.06. The van der Waals surface area contributed by atoms with Gasteiger partial charge in [-0.25, -0.2) is 0 Å². The van der Waals surface area contributed by atoms with Gasteiger partial charge in [-0.1, -0.05) is 20.8 Å². The molecule has 0 unspecified atom stereocenters. The molecule has 0 amide bonds. The van der Waals surface area contributed by atoms with Gasteiger partial charge in [-0.05, 0) is 24.5 Å². The van der Waals surface area contributed by atoms with Crippen molar-refractivity contribution in [2.75, 3.05) is 0 Å². The van der Waals surface area contributed by atoms with E-state index < -0.39 is 0 Å². The Kier molecular flexibility index (Phi) is 4.68. The molecule has 1 aromatic heterocycles. The smallest absolute Gasteiger partial charge is 0.247 e. The monoisotopic (exact) mass is 239 g/mol. The van der Waals surface area contributed by atoms with E-state index in [4.69, 9.17) is 0 Å². The molecule has 0 radical (unpaired) electrons. The van der Waals surface area contributed by atoms with Gasteiger partial charge in [0.25, 0.3) is 0 Å². The van der Waals surface area contributed by atoms with Crippen molar-refractivity contribution < 1.29 is 4.92 Å². The fourth-order valence-corrected chi connectivity index (χ4v) is 2.34. The lowest BCUT2D eigenvalue weighted by Crippen LogP contribution is -2.01. The number of rotatable bonds is 5. The van der Waals surface area contributed by atoms with E-state index in [2.05, 4.69) is 6.92 Å². The first-order valence-electron chi connectivity index (χ1n) is 5.46. The molecule has 0 aliphatic rings.